The van der Waals surface area contributed by atoms with Crippen LogP contribution in [0.5, 0.6) is 0 Å². The molecule has 33 heavy (non-hydrogen) atoms. The van der Waals surface area contributed by atoms with Gasteiger partial charge in [-0.05, 0) is 49.7 Å². The van der Waals surface area contributed by atoms with Crippen LogP contribution in [0.1, 0.15) is 11.4 Å². The number of aromatic nitrogens is 2. The Morgan fingerprint density at radius 1 is 1.09 bits per heavy atom. The van der Waals surface area contributed by atoms with Crippen LogP contribution in [0.4, 0.5) is 15.8 Å². The number of aryl methyl sites for hydroxylation is 2. The SMILES string of the molecule is Cc1cccc(N2CCN(S(=O)(=O)CC(=O)Nc3ccc(-n4ccnc4C)c(F)c3)CC2)c1. The van der Waals surface area contributed by atoms with E-state index in [1.165, 1.54) is 22.5 Å². The van der Waals surface area contributed by atoms with Gasteiger partial charge in [-0.3, -0.25) is 4.79 Å². The molecule has 0 saturated carbocycles. The third-order valence-electron chi connectivity index (χ3n) is 5.63. The summed E-state index contributed by atoms with van der Waals surface area (Å²) >= 11 is 0. The van der Waals surface area contributed by atoms with Crippen LogP contribution in [0.15, 0.2) is 54.9 Å². The molecule has 10 heteroatoms. The molecule has 1 amide bonds. The maximum atomic E-state index is 14.5. The molecule has 8 nitrogen and oxygen atoms in total. The second-order valence-corrected chi connectivity index (χ2v) is 10.0. The molecule has 4 rings (SSSR count). The first-order valence-corrected chi connectivity index (χ1v) is 12.2. The van der Waals surface area contributed by atoms with E-state index in [0.717, 1.165) is 11.3 Å². The summed E-state index contributed by atoms with van der Waals surface area (Å²) in [5.74, 6) is -1.33. The maximum Gasteiger partial charge on any atom is 0.241 e. The van der Waals surface area contributed by atoms with Gasteiger partial charge in [0, 0.05) is 49.9 Å². The van der Waals surface area contributed by atoms with Gasteiger partial charge in [-0.1, -0.05) is 12.1 Å². The topological polar surface area (TPSA) is 87.5 Å². The minimum atomic E-state index is -3.79. The van der Waals surface area contributed by atoms with E-state index in [1.54, 1.807) is 23.9 Å². The zero-order valence-corrected chi connectivity index (χ0v) is 19.3. The Morgan fingerprint density at radius 3 is 2.48 bits per heavy atom. The van der Waals surface area contributed by atoms with E-state index < -0.39 is 27.5 Å². The first-order chi connectivity index (χ1) is 15.7. The van der Waals surface area contributed by atoms with Gasteiger partial charge in [0.1, 0.15) is 17.4 Å². The van der Waals surface area contributed by atoms with Crippen LogP contribution in [-0.2, 0) is 14.8 Å². The number of imidazole rings is 1. The first-order valence-electron chi connectivity index (χ1n) is 10.6. The molecule has 1 aliphatic heterocycles. The summed E-state index contributed by atoms with van der Waals surface area (Å²) < 4.78 is 43.0. The highest BCUT2D eigenvalue weighted by Gasteiger charge is 2.29. The molecular formula is C23H26FN5O3S. The fraction of sp³-hybridized carbons (Fsp3) is 0.304. The van der Waals surface area contributed by atoms with E-state index in [4.69, 9.17) is 0 Å². The normalized spacial score (nSPS) is 14.9. The summed E-state index contributed by atoms with van der Waals surface area (Å²) in [7, 11) is -3.79. The van der Waals surface area contributed by atoms with Gasteiger partial charge in [0.25, 0.3) is 0 Å². The molecular weight excluding hydrogens is 445 g/mol. The lowest BCUT2D eigenvalue weighted by atomic mass is 10.2. The van der Waals surface area contributed by atoms with Crippen molar-refractivity contribution in [3.8, 4) is 5.69 Å². The average Bonchev–Trinajstić information content (AvgIpc) is 3.19. The zero-order chi connectivity index (χ0) is 23.6. The van der Waals surface area contributed by atoms with E-state index in [9.17, 15) is 17.6 Å². The molecule has 1 saturated heterocycles. The number of sulfonamides is 1. The van der Waals surface area contributed by atoms with E-state index >= 15 is 0 Å². The van der Waals surface area contributed by atoms with Crippen LogP contribution in [0, 0.1) is 19.7 Å². The summed E-state index contributed by atoms with van der Waals surface area (Å²) in [5, 5.41) is 2.49. The minimum absolute atomic E-state index is 0.193. The molecule has 0 atom stereocenters. The lowest BCUT2D eigenvalue weighted by Gasteiger charge is -2.35. The molecule has 0 bridgehead atoms. The molecule has 0 aliphatic carbocycles. The highest BCUT2D eigenvalue weighted by molar-refractivity contribution is 7.89. The number of carbonyl (C=O) groups excluding carboxylic acids is 1. The van der Waals surface area contributed by atoms with Crippen LogP contribution in [0.25, 0.3) is 5.69 Å². The van der Waals surface area contributed by atoms with Gasteiger partial charge in [-0.15, -0.1) is 0 Å². The smallest absolute Gasteiger partial charge is 0.241 e. The summed E-state index contributed by atoms with van der Waals surface area (Å²) in [5.41, 5.74) is 2.69. The van der Waals surface area contributed by atoms with Gasteiger partial charge < -0.3 is 14.8 Å². The first kappa shape index (κ1) is 22.9. The minimum Gasteiger partial charge on any atom is -0.369 e. The van der Waals surface area contributed by atoms with Crippen LogP contribution in [0.2, 0.25) is 0 Å². The number of nitrogens with zero attached hydrogens (tertiary/aromatic N) is 4. The fourth-order valence-corrected chi connectivity index (χ4v) is 5.22. The Bertz CT molecular complexity index is 1270. The number of halogens is 1. The number of rotatable bonds is 6. The van der Waals surface area contributed by atoms with Crippen LogP contribution in [0.3, 0.4) is 0 Å². The Hall–Kier alpha value is -3.24. The van der Waals surface area contributed by atoms with Crippen molar-refractivity contribution in [3.05, 3.63) is 72.1 Å². The molecule has 2 aromatic carbocycles. The Balaban J connectivity index is 1.35. The number of piperazine rings is 1. The van der Waals surface area contributed by atoms with Gasteiger partial charge in [0.05, 0.1) is 5.69 Å². The number of carbonyl (C=O) groups is 1. The molecule has 2 heterocycles. The molecule has 0 unspecified atom stereocenters. The quantitative estimate of drug-likeness (QED) is 0.597. The predicted molar refractivity (Wildman–Crippen MR) is 126 cm³/mol. The van der Waals surface area contributed by atoms with Crippen LogP contribution in [-0.4, -0.2) is 60.1 Å². The van der Waals surface area contributed by atoms with Crippen molar-refractivity contribution in [1.82, 2.24) is 13.9 Å². The Kier molecular flexibility index (Phi) is 6.48. The number of hydrogen-bond acceptors (Lipinski definition) is 5. The van der Waals surface area contributed by atoms with Crippen molar-refractivity contribution < 1.29 is 17.6 Å². The van der Waals surface area contributed by atoms with Gasteiger partial charge in [0.15, 0.2) is 0 Å². The molecule has 1 fully saturated rings. The largest absolute Gasteiger partial charge is 0.369 e. The number of anilines is 2. The molecule has 0 spiro atoms. The Morgan fingerprint density at radius 2 is 1.85 bits per heavy atom. The summed E-state index contributed by atoms with van der Waals surface area (Å²) in [6, 6.07) is 12.3. The van der Waals surface area contributed by atoms with Crippen molar-refractivity contribution in [3.63, 3.8) is 0 Å². The van der Waals surface area contributed by atoms with Gasteiger partial charge >= 0.3 is 0 Å². The van der Waals surface area contributed by atoms with Crippen LogP contribution >= 0.6 is 0 Å². The molecule has 1 aliphatic rings. The lowest BCUT2D eigenvalue weighted by Crippen LogP contribution is -2.50. The van der Waals surface area contributed by atoms with Gasteiger partial charge in [-0.25, -0.2) is 17.8 Å². The summed E-state index contributed by atoms with van der Waals surface area (Å²) in [6.07, 6.45) is 3.20. The number of amides is 1. The standard InChI is InChI=1S/C23H26FN5O3S/c1-17-4-3-5-20(14-17)27-10-12-28(13-11-27)33(31,32)16-23(30)26-19-6-7-22(21(24)15-19)29-9-8-25-18(29)2/h3-9,14-15H,10-13,16H2,1-2H3,(H,26,30). The Labute approximate surface area is 192 Å². The van der Waals surface area contributed by atoms with Crippen molar-refractivity contribution in [1.29, 1.82) is 0 Å². The molecule has 1 aromatic heterocycles. The van der Waals surface area contributed by atoms with E-state index in [-0.39, 0.29) is 5.69 Å². The van der Waals surface area contributed by atoms with Gasteiger partial charge in [0.2, 0.25) is 15.9 Å². The monoisotopic (exact) mass is 471 g/mol. The molecule has 3 aromatic rings. The number of hydrogen-bond donors (Lipinski definition) is 1. The third-order valence-corrected chi connectivity index (χ3v) is 7.41. The van der Waals surface area contributed by atoms with Crippen molar-refractivity contribution >= 4 is 27.3 Å². The van der Waals surface area contributed by atoms with Crippen LogP contribution < -0.4 is 10.2 Å². The zero-order valence-electron chi connectivity index (χ0n) is 18.5. The average molecular weight is 472 g/mol. The number of nitrogens with one attached hydrogen (secondary N) is 1. The summed E-state index contributed by atoms with van der Waals surface area (Å²) in [6.45, 7) is 5.46. The lowest BCUT2D eigenvalue weighted by molar-refractivity contribution is -0.113. The number of benzene rings is 2. The summed E-state index contributed by atoms with van der Waals surface area (Å²) in [4.78, 5) is 18.6. The van der Waals surface area contributed by atoms with E-state index in [1.807, 2.05) is 25.1 Å². The van der Waals surface area contributed by atoms with Crippen molar-refractivity contribution in [2.45, 2.75) is 13.8 Å². The molecule has 1 N–H and O–H groups in total. The van der Waals surface area contributed by atoms with E-state index in [2.05, 4.69) is 21.3 Å². The maximum absolute atomic E-state index is 14.5. The fourth-order valence-electron chi connectivity index (χ4n) is 3.92. The second kappa shape index (κ2) is 9.32. The van der Waals surface area contributed by atoms with Gasteiger partial charge in [-0.2, -0.15) is 4.31 Å². The molecule has 174 valence electrons. The predicted octanol–water partition coefficient (Wildman–Crippen LogP) is 2.72. The second-order valence-electron chi connectivity index (χ2n) is 8.04. The molecule has 0 radical (unpaired) electrons. The van der Waals surface area contributed by atoms with Crippen molar-refractivity contribution in [2.75, 3.05) is 42.1 Å². The highest BCUT2D eigenvalue weighted by Crippen LogP contribution is 2.21. The highest BCUT2D eigenvalue weighted by atomic mass is 32.2. The van der Waals surface area contributed by atoms with Crippen molar-refractivity contribution in [2.24, 2.45) is 0 Å². The third kappa shape index (κ3) is 5.23. The van der Waals surface area contributed by atoms with E-state index in [0.29, 0.717) is 37.7 Å².